The predicted octanol–water partition coefficient (Wildman–Crippen LogP) is 0.464. The zero-order valence-corrected chi connectivity index (χ0v) is 7.79. The van der Waals surface area contributed by atoms with Crippen molar-refractivity contribution in [2.45, 2.75) is 24.9 Å². The number of nitrogens with two attached hydrogens (primary N) is 1. The maximum absolute atomic E-state index is 5.70. The Bertz CT molecular complexity index is 242. The second-order valence-corrected chi connectivity index (χ2v) is 3.98. The molecule has 1 aliphatic carbocycles. The van der Waals surface area contributed by atoms with Crippen LogP contribution in [0.5, 0.6) is 0 Å². The van der Waals surface area contributed by atoms with E-state index in [4.69, 9.17) is 5.73 Å². The van der Waals surface area contributed by atoms with Gasteiger partial charge in [0.25, 0.3) is 0 Å². The number of hydrogen-bond donors (Lipinski definition) is 1. The Balaban J connectivity index is 1.97. The van der Waals surface area contributed by atoms with E-state index >= 15 is 0 Å². The molecule has 2 N–H and O–H groups in total. The second kappa shape index (κ2) is 2.99. The number of aromatic nitrogens is 2. The van der Waals surface area contributed by atoms with Crippen LogP contribution < -0.4 is 10.6 Å². The van der Waals surface area contributed by atoms with E-state index < -0.39 is 0 Å². The molecule has 0 aromatic carbocycles. The van der Waals surface area contributed by atoms with E-state index in [1.165, 1.54) is 11.5 Å². The van der Waals surface area contributed by atoms with E-state index in [9.17, 15) is 0 Å². The molecule has 1 aromatic heterocycles. The van der Waals surface area contributed by atoms with E-state index in [1.54, 1.807) is 6.33 Å². The van der Waals surface area contributed by atoms with Crippen molar-refractivity contribution in [1.29, 1.82) is 0 Å². The first-order valence-electron chi connectivity index (χ1n) is 4.02. The highest BCUT2D eigenvalue weighted by Gasteiger charge is 2.30. The molecule has 0 saturated heterocycles. The lowest BCUT2D eigenvalue weighted by molar-refractivity contribution is 0.340. The van der Waals surface area contributed by atoms with Crippen molar-refractivity contribution >= 4 is 16.7 Å². The van der Waals surface area contributed by atoms with Crippen LogP contribution in [0.25, 0.3) is 0 Å². The molecule has 0 bridgehead atoms. The molecule has 1 heterocycles. The van der Waals surface area contributed by atoms with Crippen LogP contribution in [0.15, 0.2) is 6.33 Å². The van der Waals surface area contributed by atoms with Gasteiger partial charge in [0.1, 0.15) is 6.33 Å². The molecule has 0 amide bonds. The third-order valence-corrected chi connectivity index (χ3v) is 3.11. The summed E-state index contributed by atoms with van der Waals surface area (Å²) in [6.45, 7) is 0. The van der Waals surface area contributed by atoms with Crippen LogP contribution in [0, 0.1) is 0 Å². The Morgan fingerprint density at radius 3 is 2.92 bits per heavy atom. The molecule has 66 valence electrons. The maximum Gasteiger partial charge on any atom is 0.204 e. The third kappa shape index (κ3) is 1.30. The van der Waals surface area contributed by atoms with Gasteiger partial charge in [-0.2, -0.15) is 4.37 Å². The highest BCUT2D eigenvalue weighted by atomic mass is 32.1. The van der Waals surface area contributed by atoms with Gasteiger partial charge in [-0.15, -0.1) is 0 Å². The zero-order valence-electron chi connectivity index (χ0n) is 6.97. The van der Waals surface area contributed by atoms with Gasteiger partial charge in [-0.1, -0.05) is 0 Å². The van der Waals surface area contributed by atoms with Crippen molar-refractivity contribution in [3.8, 4) is 0 Å². The van der Waals surface area contributed by atoms with Crippen LogP contribution in [-0.2, 0) is 0 Å². The molecule has 0 atom stereocenters. The summed E-state index contributed by atoms with van der Waals surface area (Å²) in [7, 11) is 2.05. The standard InChI is InChI=1S/C7H12N4S/c1-11(6-2-5(8)3-6)7-9-4-10-12-7/h4-6H,2-3,8H2,1H3. The first kappa shape index (κ1) is 7.94. The molecule has 4 nitrogen and oxygen atoms in total. The lowest BCUT2D eigenvalue weighted by Crippen LogP contribution is -2.49. The third-order valence-electron chi connectivity index (χ3n) is 2.35. The minimum Gasteiger partial charge on any atom is -0.347 e. The zero-order chi connectivity index (χ0) is 8.55. The summed E-state index contributed by atoms with van der Waals surface area (Å²) in [6, 6.07) is 0.971. The van der Waals surface area contributed by atoms with Gasteiger partial charge in [0, 0.05) is 30.7 Å². The van der Waals surface area contributed by atoms with Crippen molar-refractivity contribution in [3.05, 3.63) is 6.33 Å². The molecule has 1 fully saturated rings. The van der Waals surface area contributed by atoms with Crippen molar-refractivity contribution in [2.24, 2.45) is 5.73 Å². The topological polar surface area (TPSA) is 55.0 Å². The first-order chi connectivity index (χ1) is 5.77. The van der Waals surface area contributed by atoms with Crippen molar-refractivity contribution in [1.82, 2.24) is 9.36 Å². The molecule has 2 rings (SSSR count). The van der Waals surface area contributed by atoms with Crippen LogP contribution in [0.3, 0.4) is 0 Å². The van der Waals surface area contributed by atoms with Gasteiger partial charge in [-0.05, 0) is 12.8 Å². The molecular formula is C7H12N4S. The Hall–Kier alpha value is -0.680. The number of anilines is 1. The number of hydrogen-bond acceptors (Lipinski definition) is 5. The molecule has 12 heavy (non-hydrogen) atoms. The van der Waals surface area contributed by atoms with Gasteiger partial charge < -0.3 is 10.6 Å². The van der Waals surface area contributed by atoms with Gasteiger partial charge >= 0.3 is 0 Å². The number of nitrogens with zero attached hydrogens (tertiary/aromatic N) is 3. The maximum atomic E-state index is 5.70. The molecule has 5 heteroatoms. The predicted molar refractivity (Wildman–Crippen MR) is 49.3 cm³/mol. The minimum atomic E-state index is 0.394. The summed E-state index contributed by atoms with van der Waals surface area (Å²) < 4.78 is 3.96. The van der Waals surface area contributed by atoms with Gasteiger partial charge in [-0.3, -0.25) is 0 Å². The largest absolute Gasteiger partial charge is 0.347 e. The smallest absolute Gasteiger partial charge is 0.204 e. The SMILES string of the molecule is CN(c1ncns1)C1CC(N)C1. The fourth-order valence-electron chi connectivity index (χ4n) is 1.43. The molecule has 0 radical (unpaired) electrons. The first-order valence-corrected chi connectivity index (χ1v) is 4.80. The van der Waals surface area contributed by atoms with Crippen molar-refractivity contribution in [2.75, 3.05) is 11.9 Å². The summed E-state index contributed by atoms with van der Waals surface area (Å²) in [5.74, 6) is 0. The van der Waals surface area contributed by atoms with Crippen LogP contribution in [-0.4, -0.2) is 28.5 Å². The molecular weight excluding hydrogens is 172 g/mol. The summed E-state index contributed by atoms with van der Waals surface area (Å²) in [4.78, 5) is 6.30. The Labute approximate surface area is 75.6 Å². The van der Waals surface area contributed by atoms with Crippen LogP contribution >= 0.6 is 11.5 Å². The molecule has 1 aromatic rings. The van der Waals surface area contributed by atoms with Crippen LogP contribution in [0.2, 0.25) is 0 Å². The summed E-state index contributed by atoms with van der Waals surface area (Å²) in [5, 5.41) is 0.993. The fourth-order valence-corrected chi connectivity index (χ4v) is 1.99. The van der Waals surface area contributed by atoms with E-state index in [1.807, 2.05) is 0 Å². The molecule has 0 spiro atoms. The van der Waals surface area contributed by atoms with Gasteiger partial charge in [0.2, 0.25) is 5.13 Å². The molecule has 0 aliphatic heterocycles. The average molecular weight is 184 g/mol. The quantitative estimate of drug-likeness (QED) is 0.725. The number of rotatable bonds is 2. The minimum absolute atomic E-state index is 0.394. The van der Waals surface area contributed by atoms with Gasteiger partial charge in [0.05, 0.1) is 0 Å². The Morgan fingerprint density at radius 2 is 2.42 bits per heavy atom. The van der Waals surface area contributed by atoms with E-state index in [0.29, 0.717) is 12.1 Å². The van der Waals surface area contributed by atoms with Gasteiger partial charge in [0.15, 0.2) is 0 Å². The molecule has 1 saturated carbocycles. The van der Waals surface area contributed by atoms with Crippen molar-refractivity contribution in [3.63, 3.8) is 0 Å². The monoisotopic (exact) mass is 184 g/mol. The lowest BCUT2D eigenvalue weighted by atomic mass is 9.87. The summed E-state index contributed by atoms with van der Waals surface area (Å²) >= 11 is 1.43. The average Bonchev–Trinajstić information content (AvgIpc) is 2.49. The molecule has 0 unspecified atom stereocenters. The van der Waals surface area contributed by atoms with E-state index in [-0.39, 0.29) is 0 Å². The lowest BCUT2D eigenvalue weighted by Gasteiger charge is -2.38. The summed E-state index contributed by atoms with van der Waals surface area (Å²) in [5.41, 5.74) is 5.70. The highest BCUT2D eigenvalue weighted by Crippen LogP contribution is 2.27. The highest BCUT2D eigenvalue weighted by molar-refractivity contribution is 7.09. The molecule has 1 aliphatic rings. The van der Waals surface area contributed by atoms with E-state index in [2.05, 4.69) is 21.3 Å². The normalized spacial score (nSPS) is 28.2. The fraction of sp³-hybridized carbons (Fsp3) is 0.714. The summed E-state index contributed by atoms with van der Waals surface area (Å²) in [6.07, 6.45) is 3.75. The van der Waals surface area contributed by atoms with Crippen LogP contribution in [0.1, 0.15) is 12.8 Å². The van der Waals surface area contributed by atoms with Crippen molar-refractivity contribution < 1.29 is 0 Å². The Kier molecular flexibility index (Phi) is 1.98. The second-order valence-electron chi connectivity index (χ2n) is 3.22. The van der Waals surface area contributed by atoms with Gasteiger partial charge in [-0.25, -0.2) is 4.98 Å². The van der Waals surface area contributed by atoms with E-state index in [0.717, 1.165) is 18.0 Å². The Morgan fingerprint density at radius 1 is 1.67 bits per heavy atom. The van der Waals surface area contributed by atoms with Crippen LogP contribution in [0.4, 0.5) is 5.13 Å².